The highest BCUT2D eigenvalue weighted by molar-refractivity contribution is 6.46. The van der Waals surface area contributed by atoms with E-state index in [1.807, 2.05) is 0 Å². The lowest BCUT2D eigenvalue weighted by molar-refractivity contribution is -0.137. The van der Waals surface area contributed by atoms with Crippen LogP contribution in [0.3, 0.4) is 0 Å². The minimum Gasteiger partial charge on any atom is -0.443 e. The van der Waals surface area contributed by atoms with Gasteiger partial charge in [-0.3, -0.25) is 9.20 Å². The highest BCUT2D eigenvalue weighted by atomic mass is 19.4. The number of alkyl halides is 3. The smallest absolute Gasteiger partial charge is 0.417 e. The van der Waals surface area contributed by atoms with Crippen molar-refractivity contribution in [1.82, 2.24) is 14.4 Å². The lowest BCUT2D eigenvalue weighted by Gasteiger charge is -2.11. The van der Waals surface area contributed by atoms with Crippen molar-refractivity contribution in [3.8, 4) is 11.3 Å². The number of halogens is 3. The number of carbonyl (C=O) groups is 1. The van der Waals surface area contributed by atoms with Crippen molar-refractivity contribution in [2.75, 3.05) is 13.2 Å². The minimum absolute atomic E-state index is 0.0648. The Morgan fingerprint density at radius 3 is 2.83 bits per heavy atom. The summed E-state index contributed by atoms with van der Waals surface area (Å²) in [6.45, 7) is 1.11. The van der Waals surface area contributed by atoms with E-state index >= 15 is 0 Å². The van der Waals surface area contributed by atoms with E-state index in [0.717, 1.165) is 29.5 Å². The number of pyridine rings is 1. The lowest BCUT2D eigenvalue weighted by atomic mass is 9.98. The number of ether oxygens (including phenoxy) is 1. The Kier molecular flexibility index (Phi) is 3.73. The summed E-state index contributed by atoms with van der Waals surface area (Å²) in [7, 11) is 0. The van der Waals surface area contributed by atoms with Crippen molar-refractivity contribution in [3.63, 3.8) is 0 Å². The van der Waals surface area contributed by atoms with Crippen molar-refractivity contribution < 1.29 is 27.1 Å². The zero-order chi connectivity index (χ0) is 20.4. The molecule has 1 spiro atoms. The first kappa shape index (κ1) is 18.0. The van der Waals surface area contributed by atoms with Crippen LogP contribution in [0, 0.1) is 16.7 Å². The monoisotopic (exact) mass is 404 g/mol. The molecule has 0 bridgehead atoms. The molecule has 0 aromatic carbocycles. The van der Waals surface area contributed by atoms with Crippen LogP contribution in [-0.4, -0.2) is 39.1 Å². The molecule has 2 aliphatic rings. The summed E-state index contributed by atoms with van der Waals surface area (Å²) in [6, 6.07) is 0.911. The fourth-order valence-electron chi connectivity index (χ4n) is 4.05. The topological polar surface area (TPSA) is 93.5 Å². The van der Waals surface area contributed by atoms with Crippen LogP contribution in [0.25, 0.3) is 17.0 Å². The van der Waals surface area contributed by atoms with Gasteiger partial charge in [0.1, 0.15) is 11.3 Å². The first-order valence-corrected chi connectivity index (χ1v) is 8.98. The number of fused-ring (bicyclic) bond motifs is 1. The fourth-order valence-corrected chi connectivity index (χ4v) is 4.05. The highest BCUT2D eigenvalue weighted by Crippen LogP contribution is 2.58. The standard InChI is InChI=1S/C19H15F3N4O3/c20-19(21,22)10-3-11(14-6-24-9-29-14)17-25-5-13(26(17)7-10)16(27)15(23)12-4-18(12)1-2-28-8-18/h3,5-7,9,12,23H,1-2,4,8H2/t12?,18-/m1/s1. The fraction of sp³-hybridized carbons (Fsp3) is 0.368. The molecule has 1 saturated heterocycles. The summed E-state index contributed by atoms with van der Waals surface area (Å²) >= 11 is 0. The normalized spacial score (nSPS) is 23.8. The van der Waals surface area contributed by atoms with Crippen molar-refractivity contribution in [3.05, 3.63) is 42.3 Å². The van der Waals surface area contributed by atoms with Crippen LogP contribution >= 0.6 is 0 Å². The van der Waals surface area contributed by atoms with Gasteiger partial charge in [-0.05, 0) is 18.9 Å². The number of hydrogen-bond donors (Lipinski definition) is 1. The van der Waals surface area contributed by atoms with E-state index < -0.39 is 17.5 Å². The van der Waals surface area contributed by atoms with Crippen LogP contribution in [0.15, 0.2) is 35.5 Å². The first-order chi connectivity index (χ1) is 13.8. The van der Waals surface area contributed by atoms with Gasteiger partial charge in [-0.25, -0.2) is 9.97 Å². The molecule has 3 aromatic heterocycles. The summed E-state index contributed by atoms with van der Waals surface area (Å²) in [4.78, 5) is 20.8. The number of Topliss-reactive ketones (excluding diaryl/α,β-unsaturated/α-hetero) is 1. The minimum atomic E-state index is -4.64. The van der Waals surface area contributed by atoms with Crippen LogP contribution in [-0.2, 0) is 10.9 Å². The predicted molar refractivity (Wildman–Crippen MR) is 93.7 cm³/mol. The van der Waals surface area contributed by atoms with Gasteiger partial charge < -0.3 is 14.6 Å². The first-order valence-electron chi connectivity index (χ1n) is 8.98. The molecule has 150 valence electrons. The summed E-state index contributed by atoms with van der Waals surface area (Å²) in [5.41, 5.74) is -1.14. The maximum absolute atomic E-state index is 13.5. The Balaban J connectivity index is 1.59. The number of rotatable bonds is 4. The molecule has 7 nitrogen and oxygen atoms in total. The molecule has 0 amide bonds. The number of nitrogens with one attached hydrogen (secondary N) is 1. The molecule has 5 rings (SSSR count). The second kappa shape index (κ2) is 5.99. The van der Waals surface area contributed by atoms with Crippen LogP contribution in [0.5, 0.6) is 0 Å². The van der Waals surface area contributed by atoms with Gasteiger partial charge in [-0.2, -0.15) is 13.2 Å². The van der Waals surface area contributed by atoms with Crippen LogP contribution in [0.1, 0.15) is 28.9 Å². The quantitative estimate of drug-likeness (QED) is 0.529. The highest BCUT2D eigenvalue weighted by Gasteiger charge is 2.59. The molecule has 29 heavy (non-hydrogen) atoms. The number of oxazole rings is 1. The van der Waals surface area contributed by atoms with Gasteiger partial charge in [0.2, 0.25) is 5.78 Å². The molecule has 3 aromatic rings. The van der Waals surface area contributed by atoms with Crippen molar-refractivity contribution in [1.29, 1.82) is 5.41 Å². The SMILES string of the molecule is N=C(C(=O)c1cnc2c(-c3cnco3)cc(C(F)(F)F)cn12)C1C[C@@]12CCOC2. The van der Waals surface area contributed by atoms with Crippen molar-refractivity contribution in [2.24, 2.45) is 11.3 Å². The molecule has 1 aliphatic heterocycles. The Morgan fingerprint density at radius 2 is 2.17 bits per heavy atom. The zero-order valence-corrected chi connectivity index (χ0v) is 15.0. The maximum Gasteiger partial charge on any atom is 0.417 e. The Hall–Kier alpha value is -3.01. The molecular weight excluding hydrogens is 389 g/mol. The largest absolute Gasteiger partial charge is 0.443 e. The predicted octanol–water partition coefficient (Wildman–Crippen LogP) is 3.64. The molecule has 1 N–H and O–H groups in total. The van der Waals surface area contributed by atoms with Gasteiger partial charge in [0.25, 0.3) is 0 Å². The van der Waals surface area contributed by atoms with Gasteiger partial charge >= 0.3 is 6.18 Å². The Bertz CT molecular complexity index is 1130. The van der Waals surface area contributed by atoms with Gasteiger partial charge in [-0.1, -0.05) is 0 Å². The van der Waals surface area contributed by atoms with Crippen molar-refractivity contribution in [2.45, 2.75) is 19.0 Å². The maximum atomic E-state index is 13.5. The van der Waals surface area contributed by atoms with E-state index in [2.05, 4.69) is 9.97 Å². The number of nitrogens with zero attached hydrogens (tertiary/aromatic N) is 3. The Labute approximate surface area is 162 Å². The molecule has 0 radical (unpaired) electrons. The number of aromatic nitrogens is 3. The van der Waals surface area contributed by atoms with Crippen LogP contribution < -0.4 is 0 Å². The molecule has 4 heterocycles. The van der Waals surface area contributed by atoms with Crippen LogP contribution in [0.4, 0.5) is 13.2 Å². The third-order valence-electron chi connectivity index (χ3n) is 5.78. The van der Waals surface area contributed by atoms with E-state index in [-0.39, 0.29) is 39.7 Å². The number of imidazole rings is 1. The van der Waals surface area contributed by atoms with Gasteiger partial charge in [0.05, 0.1) is 35.8 Å². The summed E-state index contributed by atoms with van der Waals surface area (Å²) in [6.07, 6.45) is 1.24. The Morgan fingerprint density at radius 1 is 1.34 bits per heavy atom. The summed E-state index contributed by atoms with van der Waals surface area (Å²) in [5.74, 6) is -0.762. The molecular formula is C19H15F3N4O3. The second-order valence-electron chi connectivity index (χ2n) is 7.51. The molecule has 1 aliphatic carbocycles. The van der Waals surface area contributed by atoms with E-state index in [4.69, 9.17) is 14.6 Å². The number of carbonyl (C=O) groups excluding carboxylic acids is 1. The second-order valence-corrected chi connectivity index (χ2v) is 7.51. The van der Waals surface area contributed by atoms with E-state index in [0.29, 0.717) is 19.6 Å². The van der Waals surface area contributed by atoms with Gasteiger partial charge in [-0.15, -0.1) is 0 Å². The number of ketones is 1. The summed E-state index contributed by atoms with van der Waals surface area (Å²) in [5, 5.41) is 8.33. The molecule has 2 atom stereocenters. The third kappa shape index (κ3) is 2.78. The summed E-state index contributed by atoms with van der Waals surface area (Å²) < 4.78 is 52.0. The average molecular weight is 404 g/mol. The van der Waals surface area contributed by atoms with E-state index in [9.17, 15) is 18.0 Å². The van der Waals surface area contributed by atoms with Gasteiger partial charge in [0, 0.05) is 24.1 Å². The average Bonchev–Trinajstić information content (AvgIpc) is 3.16. The molecule has 10 heteroatoms. The van der Waals surface area contributed by atoms with Crippen LogP contribution in [0.2, 0.25) is 0 Å². The van der Waals surface area contributed by atoms with E-state index in [1.165, 1.54) is 12.4 Å². The molecule has 2 fully saturated rings. The van der Waals surface area contributed by atoms with Crippen molar-refractivity contribution >= 4 is 17.1 Å². The lowest BCUT2D eigenvalue weighted by Crippen LogP contribution is -2.21. The van der Waals surface area contributed by atoms with E-state index in [1.54, 1.807) is 0 Å². The molecule has 1 saturated carbocycles. The number of hydrogen-bond acceptors (Lipinski definition) is 6. The van der Waals surface area contributed by atoms with Gasteiger partial charge in [0.15, 0.2) is 12.2 Å². The molecule has 1 unspecified atom stereocenters. The zero-order valence-electron chi connectivity index (χ0n) is 15.0. The third-order valence-corrected chi connectivity index (χ3v) is 5.78.